The molecule has 3 aliphatic rings. The number of nitrogens with one attached hydrogen (secondary N) is 1. The van der Waals surface area contributed by atoms with Crippen molar-refractivity contribution in [3.05, 3.63) is 18.2 Å². The number of sulfonamides is 1. The number of carbonyl (C=O) groups is 1. The van der Waals surface area contributed by atoms with Crippen LogP contribution in [-0.4, -0.2) is 36.8 Å². The van der Waals surface area contributed by atoms with Gasteiger partial charge in [-0.2, -0.15) is 4.31 Å². The molecule has 6 nitrogen and oxygen atoms in total. The molecule has 1 heterocycles. The molecule has 0 aromatic heterocycles. The van der Waals surface area contributed by atoms with Crippen LogP contribution in [0.15, 0.2) is 23.1 Å². The SMILES string of the molecule is O=C(CC1CC2CCC1C2)Nc1cc(S(=O)(=O)N2CCCC2)ccc1O. The first-order valence-corrected chi connectivity index (χ1v) is 11.0. The molecule has 3 atom stereocenters. The molecule has 1 amide bonds. The van der Waals surface area contributed by atoms with E-state index in [1.807, 2.05) is 0 Å². The van der Waals surface area contributed by atoms with E-state index < -0.39 is 10.0 Å². The zero-order chi connectivity index (χ0) is 18.3. The van der Waals surface area contributed by atoms with Crippen LogP contribution in [0, 0.1) is 17.8 Å². The number of carbonyl (C=O) groups excluding carboxylic acids is 1. The van der Waals surface area contributed by atoms with Crippen molar-refractivity contribution < 1.29 is 18.3 Å². The predicted molar refractivity (Wildman–Crippen MR) is 98.3 cm³/mol. The van der Waals surface area contributed by atoms with Gasteiger partial charge in [-0.25, -0.2) is 8.42 Å². The van der Waals surface area contributed by atoms with Crippen molar-refractivity contribution in [3.8, 4) is 5.75 Å². The van der Waals surface area contributed by atoms with Crippen LogP contribution in [-0.2, 0) is 14.8 Å². The van der Waals surface area contributed by atoms with E-state index in [1.165, 1.54) is 41.8 Å². The molecule has 1 aliphatic heterocycles. The summed E-state index contributed by atoms with van der Waals surface area (Å²) in [7, 11) is -3.57. The minimum Gasteiger partial charge on any atom is -0.506 e. The predicted octanol–water partition coefficient (Wildman–Crippen LogP) is 2.94. The molecule has 2 bridgehead atoms. The summed E-state index contributed by atoms with van der Waals surface area (Å²) in [5, 5.41) is 12.8. The Balaban J connectivity index is 1.47. The largest absolute Gasteiger partial charge is 0.506 e. The van der Waals surface area contributed by atoms with Crippen molar-refractivity contribution in [2.45, 2.75) is 49.8 Å². The van der Waals surface area contributed by atoms with Gasteiger partial charge in [-0.15, -0.1) is 0 Å². The molecule has 26 heavy (non-hydrogen) atoms. The third kappa shape index (κ3) is 3.34. The highest BCUT2D eigenvalue weighted by Gasteiger charge is 2.40. The van der Waals surface area contributed by atoms with Gasteiger partial charge < -0.3 is 10.4 Å². The average Bonchev–Trinajstić information content (AvgIpc) is 3.34. The molecule has 1 aromatic carbocycles. The molecular formula is C19H26N2O4S. The lowest BCUT2D eigenvalue weighted by molar-refractivity contribution is -0.117. The molecule has 0 spiro atoms. The molecule has 4 rings (SSSR count). The Morgan fingerprint density at radius 2 is 1.96 bits per heavy atom. The van der Waals surface area contributed by atoms with Crippen molar-refractivity contribution in [1.29, 1.82) is 0 Å². The number of fused-ring (bicyclic) bond motifs is 2. The van der Waals surface area contributed by atoms with Crippen LogP contribution >= 0.6 is 0 Å². The second-order valence-electron chi connectivity index (χ2n) is 7.98. The number of benzene rings is 1. The number of amides is 1. The standard InChI is InChI=1S/C19H26N2O4S/c22-18-6-5-16(26(24,25)21-7-1-2-8-21)12-17(18)20-19(23)11-15-10-13-3-4-14(15)9-13/h5-6,12-15,22H,1-4,7-11H2,(H,20,23). The highest BCUT2D eigenvalue weighted by molar-refractivity contribution is 7.89. The Labute approximate surface area is 154 Å². The fraction of sp³-hybridized carbons (Fsp3) is 0.632. The molecule has 2 saturated carbocycles. The van der Waals surface area contributed by atoms with Crippen LogP contribution in [0.2, 0.25) is 0 Å². The van der Waals surface area contributed by atoms with Crippen molar-refractivity contribution in [2.75, 3.05) is 18.4 Å². The Kier molecular flexibility index (Phi) is 4.69. The van der Waals surface area contributed by atoms with E-state index in [4.69, 9.17) is 0 Å². The summed E-state index contributed by atoms with van der Waals surface area (Å²) in [5.74, 6) is 1.61. The van der Waals surface area contributed by atoms with Gasteiger partial charge in [-0.1, -0.05) is 6.42 Å². The summed E-state index contributed by atoms with van der Waals surface area (Å²) >= 11 is 0. The fourth-order valence-corrected chi connectivity index (χ4v) is 6.46. The van der Waals surface area contributed by atoms with Gasteiger partial charge in [-0.05, 0) is 68.1 Å². The minimum atomic E-state index is -3.57. The van der Waals surface area contributed by atoms with Gasteiger partial charge in [0.05, 0.1) is 10.6 Å². The molecule has 2 aliphatic carbocycles. The van der Waals surface area contributed by atoms with Crippen LogP contribution in [0.3, 0.4) is 0 Å². The topological polar surface area (TPSA) is 86.7 Å². The summed E-state index contributed by atoms with van der Waals surface area (Å²) in [5.41, 5.74) is 0.179. The van der Waals surface area contributed by atoms with Crippen molar-refractivity contribution in [2.24, 2.45) is 17.8 Å². The number of phenols is 1. The van der Waals surface area contributed by atoms with Gasteiger partial charge in [0.15, 0.2) is 0 Å². The van der Waals surface area contributed by atoms with Crippen molar-refractivity contribution >= 4 is 21.6 Å². The van der Waals surface area contributed by atoms with Crippen LogP contribution < -0.4 is 5.32 Å². The second-order valence-corrected chi connectivity index (χ2v) is 9.92. The normalized spacial score (nSPS) is 28.5. The van der Waals surface area contributed by atoms with Gasteiger partial charge >= 0.3 is 0 Å². The first kappa shape index (κ1) is 17.8. The molecule has 2 N–H and O–H groups in total. The lowest BCUT2D eigenvalue weighted by atomic mass is 9.86. The number of aromatic hydroxyl groups is 1. The molecule has 7 heteroatoms. The number of nitrogens with zero attached hydrogens (tertiary/aromatic N) is 1. The Bertz CT molecular complexity index is 802. The zero-order valence-corrected chi connectivity index (χ0v) is 15.7. The maximum absolute atomic E-state index is 12.7. The van der Waals surface area contributed by atoms with Gasteiger partial charge in [0.2, 0.25) is 15.9 Å². The zero-order valence-electron chi connectivity index (χ0n) is 14.9. The molecule has 3 fully saturated rings. The maximum Gasteiger partial charge on any atom is 0.243 e. The van der Waals surface area contributed by atoms with E-state index in [0.29, 0.717) is 31.3 Å². The summed E-state index contributed by atoms with van der Waals surface area (Å²) in [6.07, 6.45) is 7.05. The lowest BCUT2D eigenvalue weighted by Gasteiger charge is -2.21. The third-order valence-electron chi connectivity index (χ3n) is 6.28. The van der Waals surface area contributed by atoms with Crippen LogP contribution in [0.1, 0.15) is 44.9 Å². The molecule has 1 aromatic rings. The number of hydrogen-bond donors (Lipinski definition) is 2. The van der Waals surface area contributed by atoms with E-state index >= 15 is 0 Å². The highest BCUT2D eigenvalue weighted by atomic mass is 32.2. The Hall–Kier alpha value is -1.60. The Morgan fingerprint density at radius 1 is 1.19 bits per heavy atom. The first-order valence-electron chi connectivity index (χ1n) is 9.56. The van der Waals surface area contributed by atoms with Crippen molar-refractivity contribution in [3.63, 3.8) is 0 Å². The van der Waals surface area contributed by atoms with E-state index in [0.717, 1.165) is 25.2 Å². The molecular weight excluding hydrogens is 352 g/mol. The average molecular weight is 378 g/mol. The van der Waals surface area contributed by atoms with E-state index in [2.05, 4.69) is 5.32 Å². The van der Waals surface area contributed by atoms with E-state index in [-0.39, 0.29) is 22.2 Å². The smallest absolute Gasteiger partial charge is 0.243 e. The number of anilines is 1. The van der Waals surface area contributed by atoms with Gasteiger partial charge in [0, 0.05) is 19.5 Å². The monoisotopic (exact) mass is 378 g/mol. The summed E-state index contributed by atoms with van der Waals surface area (Å²) < 4.78 is 26.8. The van der Waals surface area contributed by atoms with Gasteiger partial charge in [-0.3, -0.25) is 4.79 Å². The highest BCUT2D eigenvalue weighted by Crippen LogP contribution is 2.49. The van der Waals surface area contributed by atoms with Crippen LogP contribution in [0.25, 0.3) is 0 Å². The summed E-state index contributed by atoms with van der Waals surface area (Å²) in [4.78, 5) is 12.6. The van der Waals surface area contributed by atoms with E-state index in [1.54, 1.807) is 0 Å². The quantitative estimate of drug-likeness (QED) is 0.771. The summed E-state index contributed by atoms with van der Waals surface area (Å²) in [6, 6.07) is 4.12. The summed E-state index contributed by atoms with van der Waals surface area (Å²) in [6.45, 7) is 1.05. The third-order valence-corrected chi connectivity index (χ3v) is 8.17. The first-order chi connectivity index (χ1) is 12.4. The van der Waals surface area contributed by atoms with Crippen LogP contribution in [0.4, 0.5) is 5.69 Å². The molecule has 0 radical (unpaired) electrons. The molecule has 3 unspecified atom stereocenters. The van der Waals surface area contributed by atoms with Crippen LogP contribution in [0.5, 0.6) is 5.75 Å². The Morgan fingerprint density at radius 3 is 2.62 bits per heavy atom. The number of rotatable bonds is 5. The van der Waals surface area contributed by atoms with Crippen molar-refractivity contribution in [1.82, 2.24) is 4.31 Å². The fourth-order valence-electron chi connectivity index (χ4n) is 4.92. The number of phenolic OH excluding ortho intramolecular Hbond substituents is 1. The number of hydrogen-bond acceptors (Lipinski definition) is 4. The molecule has 1 saturated heterocycles. The van der Waals surface area contributed by atoms with Gasteiger partial charge in [0.1, 0.15) is 5.75 Å². The second kappa shape index (κ2) is 6.85. The molecule has 142 valence electrons. The van der Waals surface area contributed by atoms with E-state index in [9.17, 15) is 18.3 Å². The lowest BCUT2D eigenvalue weighted by Crippen LogP contribution is -2.28. The van der Waals surface area contributed by atoms with Gasteiger partial charge in [0.25, 0.3) is 0 Å². The minimum absolute atomic E-state index is 0.105. The maximum atomic E-state index is 12.7.